The predicted molar refractivity (Wildman–Crippen MR) is 75.1 cm³/mol. The smallest absolute Gasteiger partial charge is 0.323 e. The quantitative estimate of drug-likeness (QED) is 0.874. The second-order valence-electron chi connectivity index (χ2n) is 4.63. The second kappa shape index (κ2) is 6.06. The number of benzene rings is 1. The van der Waals surface area contributed by atoms with Gasteiger partial charge in [-0.2, -0.15) is 0 Å². The first-order chi connectivity index (χ1) is 9.06. The SMILES string of the molecule is O=C(O)CN(CC1CC1)C(=O)Nc1ccccc1Br. The highest BCUT2D eigenvalue weighted by molar-refractivity contribution is 9.10. The number of carbonyl (C=O) groups excluding carboxylic acids is 1. The zero-order valence-corrected chi connectivity index (χ0v) is 11.9. The molecule has 2 amide bonds. The van der Waals surface area contributed by atoms with E-state index in [1.807, 2.05) is 18.2 Å². The summed E-state index contributed by atoms with van der Waals surface area (Å²) in [6.45, 7) is 0.232. The van der Waals surface area contributed by atoms with E-state index in [-0.39, 0.29) is 12.6 Å². The van der Waals surface area contributed by atoms with Crippen LogP contribution >= 0.6 is 15.9 Å². The van der Waals surface area contributed by atoms with Crippen molar-refractivity contribution in [2.45, 2.75) is 12.8 Å². The molecule has 1 aromatic carbocycles. The van der Waals surface area contributed by atoms with Crippen LogP contribution in [0.25, 0.3) is 0 Å². The average Bonchev–Trinajstić information content (AvgIpc) is 3.14. The monoisotopic (exact) mass is 326 g/mol. The molecule has 19 heavy (non-hydrogen) atoms. The van der Waals surface area contributed by atoms with E-state index >= 15 is 0 Å². The van der Waals surface area contributed by atoms with Crippen LogP contribution in [0.4, 0.5) is 10.5 Å². The fourth-order valence-corrected chi connectivity index (χ4v) is 2.14. The molecule has 102 valence electrons. The van der Waals surface area contributed by atoms with Gasteiger partial charge in [-0.05, 0) is 46.8 Å². The molecular formula is C13H15BrN2O3. The molecule has 0 unspecified atom stereocenters. The Bertz CT molecular complexity index is 489. The number of anilines is 1. The van der Waals surface area contributed by atoms with Crippen molar-refractivity contribution in [2.75, 3.05) is 18.4 Å². The largest absolute Gasteiger partial charge is 0.480 e. The van der Waals surface area contributed by atoms with Gasteiger partial charge in [-0.3, -0.25) is 4.79 Å². The van der Waals surface area contributed by atoms with Crippen molar-refractivity contribution in [3.05, 3.63) is 28.7 Å². The highest BCUT2D eigenvalue weighted by atomic mass is 79.9. The van der Waals surface area contributed by atoms with Crippen LogP contribution in [0, 0.1) is 5.92 Å². The summed E-state index contributed by atoms with van der Waals surface area (Å²) in [6, 6.07) is 6.86. The molecule has 1 saturated carbocycles. The van der Waals surface area contributed by atoms with Crippen molar-refractivity contribution in [3.63, 3.8) is 0 Å². The summed E-state index contributed by atoms with van der Waals surface area (Å²) in [5.74, 6) is -0.549. The number of nitrogens with zero attached hydrogens (tertiary/aromatic N) is 1. The molecule has 1 aliphatic rings. The molecule has 2 rings (SSSR count). The zero-order valence-electron chi connectivity index (χ0n) is 10.3. The van der Waals surface area contributed by atoms with Crippen LogP contribution in [-0.4, -0.2) is 35.1 Å². The molecule has 2 N–H and O–H groups in total. The third-order valence-electron chi connectivity index (χ3n) is 2.90. The van der Waals surface area contributed by atoms with Crippen LogP contribution in [0.2, 0.25) is 0 Å². The Kier molecular flexibility index (Phi) is 4.42. The molecule has 0 heterocycles. The van der Waals surface area contributed by atoms with Gasteiger partial charge in [0.05, 0.1) is 5.69 Å². The lowest BCUT2D eigenvalue weighted by atomic mass is 10.3. The topological polar surface area (TPSA) is 69.6 Å². The third-order valence-corrected chi connectivity index (χ3v) is 3.60. The van der Waals surface area contributed by atoms with Gasteiger partial charge in [-0.1, -0.05) is 12.1 Å². The molecule has 0 saturated heterocycles. The molecule has 0 atom stereocenters. The summed E-state index contributed by atoms with van der Waals surface area (Å²) in [4.78, 5) is 24.2. The Morgan fingerprint density at radius 2 is 2.05 bits per heavy atom. The maximum Gasteiger partial charge on any atom is 0.323 e. The van der Waals surface area contributed by atoms with Crippen LogP contribution in [0.3, 0.4) is 0 Å². The molecule has 1 aliphatic carbocycles. The number of rotatable bonds is 5. The van der Waals surface area contributed by atoms with Crippen LogP contribution < -0.4 is 5.32 Å². The van der Waals surface area contributed by atoms with E-state index in [4.69, 9.17) is 5.11 Å². The van der Waals surface area contributed by atoms with Crippen LogP contribution in [-0.2, 0) is 4.79 Å². The fourth-order valence-electron chi connectivity index (χ4n) is 1.75. The average molecular weight is 327 g/mol. The van der Waals surface area contributed by atoms with Crippen LogP contribution in [0.15, 0.2) is 28.7 Å². The lowest BCUT2D eigenvalue weighted by molar-refractivity contribution is -0.137. The number of nitrogens with one attached hydrogen (secondary N) is 1. The highest BCUT2D eigenvalue weighted by Crippen LogP contribution is 2.30. The van der Waals surface area contributed by atoms with Gasteiger partial charge in [0.1, 0.15) is 6.54 Å². The van der Waals surface area contributed by atoms with Gasteiger partial charge < -0.3 is 15.3 Å². The van der Waals surface area contributed by atoms with Gasteiger partial charge in [-0.25, -0.2) is 4.79 Å². The van der Waals surface area contributed by atoms with Crippen LogP contribution in [0.1, 0.15) is 12.8 Å². The molecule has 6 heteroatoms. The van der Waals surface area contributed by atoms with E-state index in [0.29, 0.717) is 18.2 Å². The van der Waals surface area contributed by atoms with E-state index < -0.39 is 5.97 Å². The highest BCUT2D eigenvalue weighted by Gasteiger charge is 2.28. The molecule has 0 aliphatic heterocycles. The number of urea groups is 1. The Morgan fingerprint density at radius 1 is 1.37 bits per heavy atom. The Hall–Kier alpha value is -1.56. The molecule has 0 aromatic heterocycles. The number of carboxylic acids is 1. The molecular weight excluding hydrogens is 312 g/mol. The Morgan fingerprint density at radius 3 is 2.63 bits per heavy atom. The standard InChI is InChI=1S/C13H15BrN2O3/c14-10-3-1-2-4-11(10)15-13(19)16(8-12(17)18)7-9-5-6-9/h1-4,9H,5-8H2,(H,15,19)(H,17,18). The predicted octanol–water partition coefficient (Wildman–Crippen LogP) is 2.78. The number of hydrogen-bond donors (Lipinski definition) is 2. The number of carboxylic acid groups (broad SMARTS) is 1. The lowest BCUT2D eigenvalue weighted by Crippen LogP contribution is -2.40. The van der Waals surface area contributed by atoms with E-state index in [1.54, 1.807) is 6.07 Å². The van der Waals surface area contributed by atoms with E-state index in [9.17, 15) is 9.59 Å². The number of halogens is 1. The molecule has 1 fully saturated rings. The number of hydrogen-bond acceptors (Lipinski definition) is 2. The van der Waals surface area contributed by atoms with Crippen molar-refractivity contribution in [2.24, 2.45) is 5.92 Å². The van der Waals surface area contributed by atoms with Crippen molar-refractivity contribution >= 4 is 33.6 Å². The van der Waals surface area contributed by atoms with Crippen molar-refractivity contribution in [3.8, 4) is 0 Å². The first kappa shape index (κ1) is 13.9. The van der Waals surface area contributed by atoms with Gasteiger partial charge in [0, 0.05) is 11.0 Å². The van der Waals surface area contributed by atoms with E-state index in [0.717, 1.165) is 17.3 Å². The van der Waals surface area contributed by atoms with Crippen molar-refractivity contribution < 1.29 is 14.7 Å². The maximum absolute atomic E-state index is 12.1. The minimum absolute atomic E-state index is 0.271. The third kappa shape index (κ3) is 4.24. The first-order valence-corrected chi connectivity index (χ1v) is 6.88. The van der Waals surface area contributed by atoms with E-state index in [2.05, 4.69) is 21.2 Å². The van der Waals surface area contributed by atoms with Gasteiger partial charge in [0.15, 0.2) is 0 Å². The van der Waals surface area contributed by atoms with Gasteiger partial charge in [-0.15, -0.1) is 0 Å². The van der Waals surface area contributed by atoms with Gasteiger partial charge in [0.2, 0.25) is 0 Å². The van der Waals surface area contributed by atoms with E-state index in [1.165, 1.54) is 4.90 Å². The lowest BCUT2D eigenvalue weighted by Gasteiger charge is -2.21. The summed E-state index contributed by atoms with van der Waals surface area (Å²) >= 11 is 3.34. The Labute approximate surface area is 119 Å². The summed E-state index contributed by atoms with van der Waals surface area (Å²) in [7, 11) is 0. The summed E-state index contributed by atoms with van der Waals surface area (Å²) in [5, 5.41) is 11.6. The number of carbonyl (C=O) groups is 2. The number of para-hydroxylation sites is 1. The van der Waals surface area contributed by atoms with Crippen molar-refractivity contribution in [1.82, 2.24) is 4.90 Å². The second-order valence-corrected chi connectivity index (χ2v) is 5.48. The number of aliphatic carboxylic acids is 1. The summed E-state index contributed by atoms with van der Waals surface area (Å²) < 4.78 is 0.769. The summed E-state index contributed by atoms with van der Waals surface area (Å²) in [5.41, 5.74) is 0.638. The van der Waals surface area contributed by atoms with Gasteiger partial charge >= 0.3 is 12.0 Å². The van der Waals surface area contributed by atoms with Gasteiger partial charge in [0.25, 0.3) is 0 Å². The van der Waals surface area contributed by atoms with Crippen LogP contribution in [0.5, 0.6) is 0 Å². The molecule has 0 radical (unpaired) electrons. The maximum atomic E-state index is 12.1. The molecule has 5 nitrogen and oxygen atoms in total. The number of amides is 2. The molecule has 1 aromatic rings. The minimum atomic E-state index is -0.997. The Balaban J connectivity index is 2.01. The fraction of sp³-hybridized carbons (Fsp3) is 0.385. The normalized spacial score (nSPS) is 13.9. The van der Waals surface area contributed by atoms with Crippen molar-refractivity contribution in [1.29, 1.82) is 0 Å². The minimum Gasteiger partial charge on any atom is -0.480 e. The molecule has 0 spiro atoms. The summed E-state index contributed by atoms with van der Waals surface area (Å²) in [6.07, 6.45) is 2.14. The zero-order chi connectivity index (χ0) is 13.8. The first-order valence-electron chi connectivity index (χ1n) is 6.08. The molecule has 0 bridgehead atoms.